The van der Waals surface area contributed by atoms with Gasteiger partial charge in [0.25, 0.3) is 0 Å². The SMILES string of the molecule is COCCOC(=O)C1=C(C)NC(SC)=C(C#N)[C@@H]1c1ccccc1Cl. The molecule has 1 atom stereocenters. The predicted octanol–water partition coefficient (Wildman–Crippen LogP) is 3.59. The van der Waals surface area contributed by atoms with Gasteiger partial charge in [-0.25, -0.2) is 4.79 Å². The Hall–Kier alpha value is -1.94. The summed E-state index contributed by atoms with van der Waals surface area (Å²) < 4.78 is 10.2. The third-order valence-electron chi connectivity index (χ3n) is 3.81. The minimum absolute atomic E-state index is 0.141. The van der Waals surface area contributed by atoms with Crippen LogP contribution in [0.3, 0.4) is 0 Å². The molecule has 0 saturated carbocycles. The lowest BCUT2D eigenvalue weighted by Gasteiger charge is -2.29. The number of nitrogens with one attached hydrogen (secondary N) is 1. The summed E-state index contributed by atoms with van der Waals surface area (Å²) in [7, 11) is 1.54. The van der Waals surface area contributed by atoms with E-state index in [0.29, 0.717) is 39.1 Å². The number of thioether (sulfide) groups is 1. The van der Waals surface area contributed by atoms with Gasteiger partial charge in [0.15, 0.2) is 0 Å². The van der Waals surface area contributed by atoms with Crippen molar-refractivity contribution in [1.82, 2.24) is 5.32 Å². The van der Waals surface area contributed by atoms with Gasteiger partial charge in [-0.3, -0.25) is 0 Å². The van der Waals surface area contributed by atoms with E-state index in [1.807, 2.05) is 24.5 Å². The van der Waals surface area contributed by atoms with E-state index in [-0.39, 0.29) is 6.61 Å². The fourth-order valence-corrected chi connectivity index (χ4v) is 3.54. The molecule has 0 unspecified atom stereocenters. The number of carbonyl (C=O) groups is 1. The molecular formula is C18H19ClN2O3S. The highest BCUT2D eigenvalue weighted by Gasteiger charge is 2.36. The van der Waals surface area contributed by atoms with Crippen LogP contribution in [-0.4, -0.2) is 32.5 Å². The second-order valence-electron chi connectivity index (χ2n) is 5.31. The molecule has 0 bridgehead atoms. The van der Waals surface area contributed by atoms with Gasteiger partial charge in [-0.2, -0.15) is 5.26 Å². The highest BCUT2D eigenvalue weighted by molar-refractivity contribution is 8.02. The first kappa shape index (κ1) is 19.4. The fourth-order valence-electron chi connectivity index (χ4n) is 2.66. The summed E-state index contributed by atoms with van der Waals surface area (Å²) in [6, 6.07) is 9.44. The molecule has 7 heteroatoms. The fraction of sp³-hybridized carbons (Fsp3) is 0.333. The number of rotatable bonds is 6. The predicted molar refractivity (Wildman–Crippen MR) is 99.0 cm³/mol. The Morgan fingerprint density at radius 3 is 2.72 bits per heavy atom. The summed E-state index contributed by atoms with van der Waals surface area (Å²) in [6.45, 7) is 2.24. The Labute approximate surface area is 156 Å². The maximum absolute atomic E-state index is 12.7. The van der Waals surface area contributed by atoms with Crippen LogP contribution in [-0.2, 0) is 14.3 Å². The summed E-state index contributed by atoms with van der Waals surface area (Å²) in [4.78, 5) is 12.7. The molecule has 1 aliphatic heterocycles. The van der Waals surface area contributed by atoms with E-state index in [9.17, 15) is 10.1 Å². The molecule has 132 valence electrons. The Morgan fingerprint density at radius 2 is 2.12 bits per heavy atom. The van der Waals surface area contributed by atoms with E-state index in [1.54, 1.807) is 13.0 Å². The van der Waals surface area contributed by atoms with Gasteiger partial charge in [0, 0.05) is 17.8 Å². The molecule has 1 aliphatic rings. The van der Waals surface area contributed by atoms with Gasteiger partial charge >= 0.3 is 5.97 Å². The zero-order chi connectivity index (χ0) is 18.4. The van der Waals surface area contributed by atoms with Crippen LogP contribution >= 0.6 is 23.4 Å². The average Bonchev–Trinajstić information content (AvgIpc) is 2.61. The Bertz CT molecular complexity index is 768. The van der Waals surface area contributed by atoms with Gasteiger partial charge in [-0.15, -0.1) is 11.8 Å². The molecule has 1 heterocycles. The van der Waals surface area contributed by atoms with Crippen LogP contribution in [0.2, 0.25) is 5.02 Å². The van der Waals surface area contributed by atoms with Gasteiger partial charge in [0.1, 0.15) is 6.61 Å². The third-order valence-corrected chi connectivity index (χ3v) is 4.88. The first-order valence-electron chi connectivity index (χ1n) is 7.61. The van der Waals surface area contributed by atoms with Gasteiger partial charge in [0.05, 0.1) is 34.8 Å². The van der Waals surface area contributed by atoms with Crippen molar-refractivity contribution >= 4 is 29.3 Å². The van der Waals surface area contributed by atoms with Gasteiger partial charge < -0.3 is 14.8 Å². The van der Waals surface area contributed by atoms with Crippen molar-refractivity contribution in [3.8, 4) is 6.07 Å². The first-order valence-corrected chi connectivity index (χ1v) is 9.21. The Balaban J connectivity index is 2.53. The molecule has 0 fully saturated rings. The van der Waals surface area contributed by atoms with Crippen molar-refractivity contribution in [3.63, 3.8) is 0 Å². The van der Waals surface area contributed by atoms with Crippen molar-refractivity contribution in [3.05, 3.63) is 56.7 Å². The van der Waals surface area contributed by atoms with Gasteiger partial charge in [-0.1, -0.05) is 29.8 Å². The minimum Gasteiger partial charge on any atom is -0.460 e. The first-order chi connectivity index (χ1) is 12.0. The molecule has 0 amide bonds. The van der Waals surface area contributed by atoms with Crippen LogP contribution in [0, 0.1) is 11.3 Å². The monoisotopic (exact) mass is 378 g/mol. The lowest BCUT2D eigenvalue weighted by atomic mass is 9.82. The number of methoxy groups -OCH3 is 1. The Kier molecular flexibility index (Phi) is 6.94. The molecule has 0 spiro atoms. The maximum Gasteiger partial charge on any atom is 0.336 e. The molecule has 0 saturated heterocycles. The quantitative estimate of drug-likeness (QED) is 0.602. The summed E-state index contributed by atoms with van der Waals surface area (Å²) in [5.74, 6) is -1.06. The van der Waals surface area contributed by atoms with Crippen LogP contribution in [0.25, 0.3) is 0 Å². The number of ether oxygens (including phenoxy) is 2. The van der Waals surface area contributed by atoms with E-state index >= 15 is 0 Å². The van der Waals surface area contributed by atoms with Crippen molar-refractivity contribution in [1.29, 1.82) is 5.26 Å². The normalized spacial score (nSPS) is 17.2. The zero-order valence-corrected chi connectivity index (χ0v) is 15.8. The number of nitrogens with zero attached hydrogens (tertiary/aromatic N) is 1. The topological polar surface area (TPSA) is 71.3 Å². The van der Waals surface area contributed by atoms with Crippen molar-refractivity contribution < 1.29 is 14.3 Å². The third kappa shape index (κ3) is 4.18. The van der Waals surface area contributed by atoms with E-state index in [1.165, 1.54) is 18.9 Å². The number of benzene rings is 1. The molecule has 1 aromatic rings. The maximum atomic E-state index is 12.7. The van der Waals surface area contributed by atoms with E-state index in [0.717, 1.165) is 0 Å². The summed E-state index contributed by atoms with van der Waals surface area (Å²) in [5, 5.41) is 14.1. The molecular weight excluding hydrogens is 360 g/mol. The number of hydrogen-bond acceptors (Lipinski definition) is 6. The molecule has 0 aromatic heterocycles. The van der Waals surface area contributed by atoms with Gasteiger partial charge in [-0.05, 0) is 24.8 Å². The molecule has 25 heavy (non-hydrogen) atoms. The molecule has 5 nitrogen and oxygen atoms in total. The van der Waals surface area contributed by atoms with Crippen molar-refractivity contribution in [2.75, 3.05) is 26.6 Å². The molecule has 2 rings (SSSR count). The zero-order valence-electron chi connectivity index (χ0n) is 14.3. The van der Waals surface area contributed by atoms with Gasteiger partial charge in [0.2, 0.25) is 0 Å². The number of hydrogen-bond donors (Lipinski definition) is 1. The van der Waals surface area contributed by atoms with Crippen molar-refractivity contribution in [2.24, 2.45) is 0 Å². The lowest BCUT2D eigenvalue weighted by molar-refractivity contribution is -0.140. The van der Waals surface area contributed by atoms with E-state index in [2.05, 4.69) is 11.4 Å². The van der Waals surface area contributed by atoms with E-state index < -0.39 is 11.9 Å². The second kappa shape index (κ2) is 8.95. The molecule has 1 N–H and O–H groups in total. The molecule has 0 radical (unpaired) electrons. The standard InChI is InChI=1S/C18H19ClN2O3S/c1-11-15(18(22)24-9-8-23-2)16(12-6-4-5-7-14(12)19)13(10-20)17(21-11)25-3/h4-7,16,21H,8-9H2,1-3H3/t16-/m0/s1. The molecule has 0 aliphatic carbocycles. The summed E-state index contributed by atoms with van der Waals surface area (Å²) >= 11 is 7.78. The highest BCUT2D eigenvalue weighted by atomic mass is 35.5. The highest BCUT2D eigenvalue weighted by Crippen LogP contribution is 2.42. The van der Waals surface area contributed by atoms with E-state index in [4.69, 9.17) is 21.1 Å². The molecule has 1 aromatic carbocycles. The lowest BCUT2D eigenvalue weighted by Crippen LogP contribution is -2.29. The van der Waals surface area contributed by atoms with Crippen LogP contribution in [0.5, 0.6) is 0 Å². The number of dihydropyridines is 1. The van der Waals surface area contributed by atoms with Crippen molar-refractivity contribution in [2.45, 2.75) is 12.8 Å². The average molecular weight is 379 g/mol. The smallest absolute Gasteiger partial charge is 0.336 e. The number of allylic oxidation sites excluding steroid dienone is 2. The second-order valence-corrected chi connectivity index (χ2v) is 6.53. The van der Waals surface area contributed by atoms with Crippen LogP contribution < -0.4 is 5.32 Å². The largest absolute Gasteiger partial charge is 0.460 e. The van der Waals surface area contributed by atoms with Crippen LogP contribution in [0.15, 0.2) is 46.1 Å². The summed E-state index contributed by atoms with van der Waals surface area (Å²) in [6.07, 6.45) is 1.87. The number of halogens is 1. The minimum atomic E-state index is -0.572. The number of esters is 1. The number of carbonyl (C=O) groups excluding carboxylic acids is 1. The Morgan fingerprint density at radius 1 is 1.40 bits per heavy atom. The van der Waals surface area contributed by atoms with Crippen LogP contribution in [0.4, 0.5) is 0 Å². The van der Waals surface area contributed by atoms with Crippen LogP contribution in [0.1, 0.15) is 18.4 Å². The number of nitriles is 1. The summed E-state index contributed by atoms with van der Waals surface area (Å²) in [5.41, 5.74) is 2.19.